The average Bonchev–Trinajstić information content (AvgIpc) is 3.38. The van der Waals surface area contributed by atoms with Crippen LogP contribution in [0.5, 0.6) is 0 Å². The number of thioether (sulfide) groups is 1. The van der Waals surface area contributed by atoms with Crippen LogP contribution in [-0.4, -0.2) is 36.9 Å². The van der Waals surface area contributed by atoms with Gasteiger partial charge in [-0.15, -0.1) is 16.4 Å². The molecule has 0 fully saturated rings. The van der Waals surface area contributed by atoms with Gasteiger partial charge in [-0.1, -0.05) is 59.8 Å². The Balaban J connectivity index is 1.32. The molecule has 7 nitrogen and oxygen atoms in total. The molecule has 2 heterocycles. The number of para-hydroxylation sites is 1. The Morgan fingerprint density at radius 2 is 1.93 bits per heavy atom. The van der Waals surface area contributed by atoms with E-state index in [9.17, 15) is 4.79 Å². The van der Waals surface area contributed by atoms with E-state index in [-0.39, 0.29) is 11.7 Å². The Bertz CT molecular complexity index is 1090. The fourth-order valence-corrected chi connectivity index (χ4v) is 4.19. The molecule has 0 unspecified atom stereocenters. The summed E-state index contributed by atoms with van der Waals surface area (Å²) in [6.45, 7) is 2.07. The van der Waals surface area contributed by atoms with Crippen LogP contribution in [0.3, 0.4) is 0 Å². The minimum Gasteiger partial charge on any atom is -0.301 e. The van der Waals surface area contributed by atoms with E-state index in [1.54, 1.807) is 4.68 Å². The predicted molar refractivity (Wildman–Crippen MR) is 115 cm³/mol. The number of rotatable bonds is 7. The summed E-state index contributed by atoms with van der Waals surface area (Å²) in [4.78, 5) is 17.7. The van der Waals surface area contributed by atoms with E-state index >= 15 is 0 Å². The first-order chi connectivity index (χ1) is 14.2. The first-order valence-electron chi connectivity index (χ1n) is 8.94. The molecule has 146 valence electrons. The molecule has 0 spiro atoms. The van der Waals surface area contributed by atoms with Gasteiger partial charge in [-0.3, -0.25) is 4.79 Å². The molecular weight excluding hydrogens is 404 g/mol. The molecule has 2 aromatic heterocycles. The lowest BCUT2D eigenvalue weighted by Crippen LogP contribution is -2.14. The molecule has 0 bridgehead atoms. The predicted octanol–water partition coefficient (Wildman–Crippen LogP) is 3.75. The van der Waals surface area contributed by atoms with Crippen LogP contribution in [0.25, 0.3) is 5.69 Å². The third kappa shape index (κ3) is 5.07. The molecule has 0 saturated heterocycles. The molecule has 0 aliphatic rings. The number of thiazole rings is 1. The van der Waals surface area contributed by atoms with Crippen molar-refractivity contribution in [3.63, 3.8) is 0 Å². The fraction of sp³-hybridized carbons (Fsp3) is 0.150. The number of aryl methyl sites for hydroxylation is 1. The van der Waals surface area contributed by atoms with Gasteiger partial charge in [-0.2, -0.15) is 4.68 Å². The third-order valence-electron chi connectivity index (χ3n) is 4.07. The number of nitrogens with one attached hydrogen (secondary N) is 1. The maximum absolute atomic E-state index is 12.3. The molecule has 0 aliphatic heterocycles. The van der Waals surface area contributed by atoms with Crippen molar-refractivity contribution in [3.8, 4) is 5.69 Å². The van der Waals surface area contributed by atoms with Gasteiger partial charge in [0, 0.05) is 17.5 Å². The van der Waals surface area contributed by atoms with Gasteiger partial charge in [0.05, 0.1) is 11.4 Å². The summed E-state index contributed by atoms with van der Waals surface area (Å²) in [5.74, 6) is 0.0499. The Kier molecular flexibility index (Phi) is 5.97. The minimum absolute atomic E-state index is 0.145. The monoisotopic (exact) mass is 422 g/mol. The highest BCUT2D eigenvalue weighted by Crippen LogP contribution is 2.23. The number of amides is 1. The van der Waals surface area contributed by atoms with Gasteiger partial charge in [0.25, 0.3) is 0 Å². The van der Waals surface area contributed by atoms with Gasteiger partial charge in [-0.05, 0) is 35.0 Å². The van der Waals surface area contributed by atoms with E-state index in [1.807, 2.05) is 36.5 Å². The second-order valence-corrected chi connectivity index (χ2v) is 8.40. The van der Waals surface area contributed by atoms with Crippen molar-refractivity contribution >= 4 is 34.1 Å². The standard InChI is InChI=1S/C20H18N6OS2/c1-14-7-9-15(10-8-14)11-17-12-21-19(29-17)22-18(27)13-28-20-23-24-25-26(20)16-5-3-2-4-6-16/h2-10,12H,11,13H2,1H3,(H,21,22,27). The number of carbonyl (C=O) groups excluding carboxylic acids is 1. The van der Waals surface area contributed by atoms with Crippen LogP contribution in [0.4, 0.5) is 5.13 Å². The molecule has 4 aromatic rings. The highest BCUT2D eigenvalue weighted by molar-refractivity contribution is 7.99. The second kappa shape index (κ2) is 8.97. The van der Waals surface area contributed by atoms with E-state index in [0.29, 0.717) is 10.3 Å². The quantitative estimate of drug-likeness (QED) is 0.457. The fourth-order valence-electron chi connectivity index (χ4n) is 2.64. The zero-order chi connectivity index (χ0) is 20.1. The lowest BCUT2D eigenvalue weighted by atomic mass is 10.1. The first-order valence-corrected chi connectivity index (χ1v) is 10.7. The minimum atomic E-state index is -0.145. The van der Waals surface area contributed by atoms with E-state index < -0.39 is 0 Å². The number of hydrogen-bond donors (Lipinski definition) is 1. The van der Waals surface area contributed by atoms with Crippen LogP contribution in [0.15, 0.2) is 66.0 Å². The molecule has 1 N–H and O–H groups in total. The van der Waals surface area contributed by atoms with Crippen molar-refractivity contribution in [1.82, 2.24) is 25.2 Å². The zero-order valence-corrected chi connectivity index (χ0v) is 17.3. The lowest BCUT2D eigenvalue weighted by Gasteiger charge is -2.04. The van der Waals surface area contributed by atoms with Crippen molar-refractivity contribution in [2.75, 3.05) is 11.1 Å². The van der Waals surface area contributed by atoms with Gasteiger partial charge in [0.15, 0.2) is 5.13 Å². The molecule has 0 saturated carbocycles. The van der Waals surface area contributed by atoms with Crippen LogP contribution in [0.1, 0.15) is 16.0 Å². The Hall–Kier alpha value is -3.04. The van der Waals surface area contributed by atoms with Crippen molar-refractivity contribution in [2.45, 2.75) is 18.5 Å². The topological polar surface area (TPSA) is 85.6 Å². The summed E-state index contributed by atoms with van der Waals surface area (Å²) in [6, 6.07) is 18.0. The van der Waals surface area contributed by atoms with Crippen LogP contribution in [0, 0.1) is 6.92 Å². The number of anilines is 1. The number of aromatic nitrogens is 5. The summed E-state index contributed by atoms with van der Waals surface area (Å²) in [5.41, 5.74) is 3.31. The van der Waals surface area contributed by atoms with Crippen LogP contribution in [-0.2, 0) is 11.2 Å². The number of nitrogens with zero attached hydrogens (tertiary/aromatic N) is 5. The summed E-state index contributed by atoms with van der Waals surface area (Å²) in [6.07, 6.45) is 2.61. The second-order valence-electron chi connectivity index (χ2n) is 6.34. The molecule has 0 atom stereocenters. The molecule has 29 heavy (non-hydrogen) atoms. The average molecular weight is 423 g/mol. The molecule has 4 rings (SSSR count). The van der Waals surface area contributed by atoms with Crippen molar-refractivity contribution in [3.05, 3.63) is 76.8 Å². The maximum Gasteiger partial charge on any atom is 0.236 e. The number of tetrazole rings is 1. The number of carbonyl (C=O) groups is 1. The molecule has 2 aromatic carbocycles. The Morgan fingerprint density at radius 1 is 1.14 bits per heavy atom. The first kappa shape index (κ1) is 19.3. The van der Waals surface area contributed by atoms with Crippen molar-refractivity contribution in [2.24, 2.45) is 0 Å². The highest BCUT2D eigenvalue weighted by atomic mass is 32.2. The molecule has 0 aliphatic carbocycles. The van der Waals surface area contributed by atoms with E-state index in [0.717, 1.165) is 17.0 Å². The van der Waals surface area contributed by atoms with E-state index in [4.69, 9.17) is 0 Å². The van der Waals surface area contributed by atoms with Crippen LogP contribution >= 0.6 is 23.1 Å². The van der Waals surface area contributed by atoms with Crippen LogP contribution < -0.4 is 5.32 Å². The maximum atomic E-state index is 12.3. The smallest absolute Gasteiger partial charge is 0.236 e. The molecular formula is C20H18N6OS2. The van der Waals surface area contributed by atoms with Crippen molar-refractivity contribution in [1.29, 1.82) is 0 Å². The molecule has 9 heteroatoms. The number of benzene rings is 2. The molecule has 0 radical (unpaired) electrons. The normalized spacial score (nSPS) is 10.8. The summed E-state index contributed by atoms with van der Waals surface area (Å²) < 4.78 is 1.61. The molecule has 1 amide bonds. The van der Waals surface area contributed by atoms with Gasteiger partial charge < -0.3 is 5.32 Å². The SMILES string of the molecule is Cc1ccc(Cc2cnc(NC(=O)CSc3nnnn3-c3ccccc3)s2)cc1. The summed E-state index contributed by atoms with van der Waals surface area (Å²) in [7, 11) is 0. The van der Waals surface area contributed by atoms with Crippen molar-refractivity contribution < 1.29 is 4.79 Å². The van der Waals surface area contributed by atoms with E-state index in [2.05, 4.69) is 57.0 Å². The van der Waals surface area contributed by atoms with Gasteiger partial charge in [0.1, 0.15) is 0 Å². The van der Waals surface area contributed by atoms with Gasteiger partial charge in [0.2, 0.25) is 11.1 Å². The summed E-state index contributed by atoms with van der Waals surface area (Å²) in [5, 5.41) is 15.7. The summed E-state index contributed by atoms with van der Waals surface area (Å²) >= 11 is 2.76. The number of hydrogen-bond acceptors (Lipinski definition) is 7. The highest BCUT2D eigenvalue weighted by Gasteiger charge is 2.13. The Morgan fingerprint density at radius 3 is 2.72 bits per heavy atom. The van der Waals surface area contributed by atoms with Gasteiger partial charge in [-0.25, -0.2) is 4.98 Å². The Labute approximate surface area is 176 Å². The largest absolute Gasteiger partial charge is 0.301 e. The van der Waals surface area contributed by atoms with Gasteiger partial charge >= 0.3 is 0 Å². The third-order valence-corrected chi connectivity index (χ3v) is 5.90. The van der Waals surface area contributed by atoms with E-state index in [1.165, 1.54) is 34.2 Å². The lowest BCUT2D eigenvalue weighted by molar-refractivity contribution is -0.113. The van der Waals surface area contributed by atoms with Crippen LogP contribution in [0.2, 0.25) is 0 Å². The zero-order valence-electron chi connectivity index (χ0n) is 15.6.